The summed E-state index contributed by atoms with van der Waals surface area (Å²) in [6, 6.07) is 4.28. The maximum Gasteiger partial charge on any atom is 0.0954 e. The molecule has 0 aliphatic rings. The van der Waals surface area contributed by atoms with Gasteiger partial charge in [-0.3, -0.25) is 4.98 Å². The zero-order chi connectivity index (χ0) is 13.1. The Morgan fingerprint density at radius 1 is 1.11 bits per heavy atom. The van der Waals surface area contributed by atoms with Crippen molar-refractivity contribution in [2.24, 2.45) is 11.7 Å². The lowest BCUT2D eigenvalue weighted by atomic mass is 10.0. The lowest BCUT2D eigenvalue weighted by Gasteiger charge is -2.22. The van der Waals surface area contributed by atoms with Crippen LogP contribution in [0.25, 0.3) is 0 Å². The molecule has 0 aliphatic heterocycles. The fraction of sp³-hybridized carbons (Fsp3) is 0.429. The number of pyridine rings is 1. The minimum absolute atomic E-state index is 0.0109. The molecule has 0 aromatic carbocycles. The number of nitrogens with two attached hydrogens (primary N) is 1. The van der Waals surface area contributed by atoms with Crippen molar-refractivity contribution in [1.29, 1.82) is 0 Å². The van der Waals surface area contributed by atoms with Crippen LogP contribution in [-0.2, 0) is 0 Å². The fourth-order valence-corrected chi connectivity index (χ4v) is 2.04. The Labute approximate surface area is 108 Å². The van der Waals surface area contributed by atoms with Gasteiger partial charge in [0.15, 0.2) is 0 Å². The van der Waals surface area contributed by atoms with Crippen molar-refractivity contribution in [3.8, 4) is 0 Å². The Hall–Kier alpha value is -1.68. The molecule has 0 fully saturated rings. The summed E-state index contributed by atoms with van der Waals surface area (Å²) in [6.07, 6.45) is 7.33. The third-order valence-electron chi connectivity index (χ3n) is 3.36. The van der Waals surface area contributed by atoms with Gasteiger partial charge in [-0.2, -0.15) is 0 Å². The molecule has 0 radical (unpaired) electrons. The van der Waals surface area contributed by atoms with Crippen LogP contribution < -0.4 is 5.73 Å². The standard InChI is InChI=1S/C14H20N4/c1-10(2)14(15)13-8-17-9-18(13)11(3)12-4-6-16-7-5-12/h4-11,14H,15H2,1-3H3. The molecule has 0 amide bonds. The first-order valence-corrected chi connectivity index (χ1v) is 6.28. The van der Waals surface area contributed by atoms with Crippen molar-refractivity contribution in [2.75, 3.05) is 0 Å². The van der Waals surface area contributed by atoms with E-state index in [0.717, 1.165) is 5.69 Å². The summed E-state index contributed by atoms with van der Waals surface area (Å²) in [6.45, 7) is 6.39. The van der Waals surface area contributed by atoms with E-state index in [2.05, 4.69) is 35.3 Å². The molecule has 2 rings (SSSR count). The molecule has 2 atom stereocenters. The monoisotopic (exact) mass is 244 g/mol. The molecule has 0 aliphatic carbocycles. The highest BCUT2D eigenvalue weighted by Crippen LogP contribution is 2.24. The number of aromatic nitrogens is 3. The maximum absolute atomic E-state index is 6.23. The van der Waals surface area contributed by atoms with Gasteiger partial charge in [-0.05, 0) is 30.5 Å². The molecule has 4 heteroatoms. The van der Waals surface area contributed by atoms with Gasteiger partial charge >= 0.3 is 0 Å². The molecule has 2 N–H and O–H groups in total. The van der Waals surface area contributed by atoms with Crippen molar-refractivity contribution in [3.63, 3.8) is 0 Å². The smallest absolute Gasteiger partial charge is 0.0954 e. The zero-order valence-electron chi connectivity index (χ0n) is 11.1. The number of imidazole rings is 1. The quantitative estimate of drug-likeness (QED) is 0.899. The van der Waals surface area contributed by atoms with Crippen LogP contribution in [0.3, 0.4) is 0 Å². The average Bonchev–Trinajstić information content (AvgIpc) is 2.87. The van der Waals surface area contributed by atoms with Crippen LogP contribution in [0.2, 0.25) is 0 Å². The number of nitrogens with zero attached hydrogens (tertiary/aromatic N) is 3. The van der Waals surface area contributed by atoms with E-state index in [-0.39, 0.29) is 12.1 Å². The fourth-order valence-electron chi connectivity index (χ4n) is 2.04. The molecule has 2 heterocycles. The van der Waals surface area contributed by atoms with Crippen LogP contribution >= 0.6 is 0 Å². The number of rotatable bonds is 4. The van der Waals surface area contributed by atoms with Crippen molar-refractivity contribution in [3.05, 3.63) is 48.3 Å². The molecule has 4 nitrogen and oxygen atoms in total. The molecule has 0 bridgehead atoms. The second kappa shape index (κ2) is 5.31. The Morgan fingerprint density at radius 3 is 2.39 bits per heavy atom. The first kappa shape index (κ1) is 12.8. The van der Waals surface area contributed by atoms with Crippen LogP contribution in [0.4, 0.5) is 0 Å². The predicted octanol–water partition coefficient (Wildman–Crippen LogP) is 2.54. The van der Waals surface area contributed by atoms with E-state index >= 15 is 0 Å². The third-order valence-corrected chi connectivity index (χ3v) is 3.36. The highest BCUT2D eigenvalue weighted by atomic mass is 15.1. The largest absolute Gasteiger partial charge is 0.326 e. The van der Waals surface area contributed by atoms with Gasteiger partial charge < -0.3 is 10.3 Å². The molecule has 96 valence electrons. The summed E-state index contributed by atoms with van der Waals surface area (Å²) < 4.78 is 2.14. The SMILES string of the molecule is CC(C)C(N)c1cncn1C(C)c1ccncc1. The minimum Gasteiger partial charge on any atom is -0.326 e. The second-order valence-corrected chi connectivity index (χ2v) is 4.95. The van der Waals surface area contributed by atoms with Crippen molar-refractivity contribution in [1.82, 2.24) is 14.5 Å². The maximum atomic E-state index is 6.23. The van der Waals surface area contributed by atoms with Gasteiger partial charge in [-0.25, -0.2) is 4.98 Å². The number of hydrogen-bond acceptors (Lipinski definition) is 3. The van der Waals surface area contributed by atoms with Crippen LogP contribution in [0.15, 0.2) is 37.1 Å². The van der Waals surface area contributed by atoms with Crippen LogP contribution in [0, 0.1) is 5.92 Å². The number of hydrogen-bond donors (Lipinski definition) is 1. The van der Waals surface area contributed by atoms with Crippen molar-refractivity contribution in [2.45, 2.75) is 32.9 Å². The molecular formula is C14H20N4. The van der Waals surface area contributed by atoms with Crippen molar-refractivity contribution >= 4 is 0 Å². The van der Waals surface area contributed by atoms with Gasteiger partial charge in [0.2, 0.25) is 0 Å². The third kappa shape index (κ3) is 2.43. The molecule has 2 aromatic rings. The molecular weight excluding hydrogens is 224 g/mol. The zero-order valence-corrected chi connectivity index (χ0v) is 11.1. The van der Waals surface area contributed by atoms with E-state index in [4.69, 9.17) is 5.73 Å². The lowest BCUT2D eigenvalue weighted by Crippen LogP contribution is -2.22. The predicted molar refractivity (Wildman–Crippen MR) is 72.0 cm³/mol. The lowest BCUT2D eigenvalue weighted by molar-refractivity contribution is 0.468. The van der Waals surface area contributed by atoms with E-state index in [1.807, 2.05) is 37.1 Å². The average molecular weight is 244 g/mol. The summed E-state index contributed by atoms with van der Waals surface area (Å²) in [5.74, 6) is 0.394. The van der Waals surface area contributed by atoms with Crippen LogP contribution in [0.5, 0.6) is 0 Å². The Bertz CT molecular complexity index is 490. The summed E-state index contributed by atoms with van der Waals surface area (Å²) in [5, 5.41) is 0. The molecule has 0 saturated carbocycles. The van der Waals surface area contributed by atoms with Gasteiger partial charge in [0, 0.05) is 24.6 Å². The summed E-state index contributed by atoms with van der Waals surface area (Å²) in [4.78, 5) is 8.28. The first-order chi connectivity index (χ1) is 8.61. The van der Waals surface area contributed by atoms with Gasteiger partial charge in [0.1, 0.15) is 0 Å². The molecule has 2 unspecified atom stereocenters. The van der Waals surface area contributed by atoms with E-state index in [1.54, 1.807) is 0 Å². The van der Waals surface area contributed by atoms with E-state index in [9.17, 15) is 0 Å². The molecule has 0 spiro atoms. The van der Waals surface area contributed by atoms with Gasteiger partial charge in [-0.15, -0.1) is 0 Å². The molecule has 18 heavy (non-hydrogen) atoms. The van der Waals surface area contributed by atoms with Gasteiger partial charge in [0.25, 0.3) is 0 Å². The molecule has 2 aromatic heterocycles. The molecule has 0 saturated heterocycles. The summed E-state index contributed by atoms with van der Waals surface area (Å²) >= 11 is 0. The summed E-state index contributed by atoms with van der Waals surface area (Å²) in [5.41, 5.74) is 8.51. The first-order valence-electron chi connectivity index (χ1n) is 6.28. The Kier molecular flexibility index (Phi) is 3.77. The highest BCUT2D eigenvalue weighted by Gasteiger charge is 2.18. The highest BCUT2D eigenvalue weighted by molar-refractivity contribution is 5.18. The van der Waals surface area contributed by atoms with Crippen molar-refractivity contribution < 1.29 is 0 Å². The van der Waals surface area contributed by atoms with Gasteiger partial charge in [-0.1, -0.05) is 13.8 Å². The topological polar surface area (TPSA) is 56.7 Å². The van der Waals surface area contributed by atoms with Gasteiger partial charge in [0.05, 0.1) is 18.1 Å². The Morgan fingerprint density at radius 2 is 1.78 bits per heavy atom. The van der Waals surface area contributed by atoms with Crippen LogP contribution in [0.1, 0.15) is 44.1 Å². The van der Waals surface area contributed by atoms with E-state index in [0.29, 0.717) is 5.92 Å². The summed E-state index contributed by atoms with van der Waals surface area (Å²) in [7, 11) is 0. The van der Waals surface area contributed by atoms with E-state index in [1.165, 1.54) is 5.56 Å². The van der Waals surface area contributed by atoms with E-state index < -0.39 is 0 Å². The normalized spacial score (nSPS) is 14.7. The second-order valence-electron chi connectivity index (χ2n) is 4.95. The minimum atomic E-state index is 0.0109. The Balaban J connectivity index is 2.32. The van der Waals surface area contributed by atoms with Crippen LogP contribution in [-0.4, -0.2) is 14.5 Å².